The van der Waals surface area contributed by atoms with E-state index in [1.807, 2.05) is 18.2 Å². The van der Waals surface area contributed by atoms with Crippen LogP contribution in [0.25, 0.3) is 6.08 Å². The monoisotopic (exact) mass is 313 g/mol. The number of hydrogen-bond donors (Lipinski definition) is 2. The lowest BCUT2D eigenvalue weighted by molar-refractivity contribution is -0.307. The molecular formula is C17H13O6-. The number of carboxylic acid groups (broad SMARTS) is 1. The largest absolute Gasteiger partial charge is 0.546 e. The Kier molecular flexibility index (Phi) is 4.99. The Hall–Kier alpha value is -3.28. The predicted molar refractivity (Wildman–Crippen MR) is 80.1 cm³/mol. The zero-order chi connectivity index (χ0) is 16.8. The van der Waals surface area contributed by atoms with Crippen LogP contribution < -0.4 is 9.84 Å². The van der Waals surface area contributed by atoms with E-state index in [0.29, 0.717) is 0 Å². The van der Waals surface area contributed by atoms with E-state index in [0.717, 1.165) is 17.7 Å². The minimum atomic E-state index is -1.45. The van der Waals surface area contributed by atoms with Crippen LogP contribution in [-0.2, 0) is 4.79 Å². The van der Waals surface area contributed by atoms with Gasteiger partial charge in [-0.25, -0.2) is 0 Å². The summed E-state index contributed by atoms with van der Waals surface area (Å²) in [5, 5.41) is 30.0. The maximum Gasteiger partial charge on any atom is 0.193 e. The van der Waals surface area contributed by atoms with Crippen molar-refractivity contribution in [2.24, 2.45) is 0 Å². The standard InChI is InChI=1S/C17H14O6/c18-13(7-6-11-4-2-1-3-5-11)17-14(19)8-12(9-15(17)20)23-10-16(21)22/h1-9,19-20H,10H2,(H,21,22)/p-1. The SMILES string of the molecule is O=C([O-])COc1cc(O)c(C(=O)C=Cc2ccccc2)c(O)c1. The van der Waals surface area contributed by atoms with Crippen molar-refractivity contribution in [2.75, 3.05) is 6.61 Å². The topological polar surface area (TPSA) is 107 Å². The summed E-state index contributed by atoms with van der Waals surface area (Å²) in [6.07, 6.45) is 2.76. The molecule has 6 nitrogen and oxygen atoms in total. The van der Waals surface area contributed by atoms with Crippen LogP contribution in [0.5, 0.6) is 17.2 Å². The Morgan fingerprint density at radius 3 is 2.26 bits per heavy atom. The van der Waals surface area contributed by atoms with E-state index in [-0.39, 0.29) is 11.3 Å². The van der Waals surface area contributed by atoms with Crippen LogP contribution in [0.15, 0.2) is 48.5 Å². The third-order valence-electron chi connectivity index (χ3n) is 2.90. The molecule has 0 radical (unpaired) electrons. The fourth-order valence-corrected chi connectivity index (χ4v) is 1.88. The van der Waals surface area contributed by atoms with Crippen molar-refractivity contribution in [3.05, 3.63) is 59.7 Å². The van der Waals surface area contributed by atoms with Crippen molar-refractivity contribution in [2.45, 2.75) is 0 Å². The lowest BCUT2D eigenvalue weighted by atomic mass is 10.1. The summed E-state index contributed by atoms with van der Waals surface area (Å²) in [6, 6.07) is 11.1. The second-order valence-corrected chi connectivity index (χ2v) is 4.61. The summed E-state index contributed by atoms with van der Waals surface area (Å²) in [4.78, 5) is 22.4. The highest BCUT2D eigenvalue weighted by atomic mass is 16.5. The van der Waals surface area contributed by atoms with E-state index in [1.165, 1.54) is 6.08 Å². The Labute approximate surface area is 131 Å². The normalized spacial score (nSPS) is 10.6. The third kappa shape index (κ3) is 4.34. The first kappa shape index (κ1) is 16.1. The van der Waals surface area contributed by atoms with Gasteiger partial charge in [0.25, 0.3) is 0 Å². The molecule has 0 aliphatic rings. The number of rotatable bonds is 6. The number of phenols is 2. The minimum absolute atomic E-state index is 0.0900. The first-order chi connectivity index (χ1) is 11.0. The highest BCUT2D eigenvalue weighted by Crippen LogP contribution is 2.33. The van der Waals surface area contributed by atoms with E-state index in [9.17, 15) is 24.9 Å². The van der Waals surface area contributed by atoms with Crippen LogP contribution in [-0.4, -0.2) is 28.6 Å². The van der Waals surface area contributed by atoms with Gasteiger partial charge in [0.15, 0.2) is 5.78 Å². The molecule has 6 heteroatoms. The maximum absolute atomic E-state index is 12.1. The number of phenolic OH excluding ortho intramolecular Hbond substituents is 2. The molecule has 0 spiro atoms. The van der Waals surface area contributed by atoms with Gasteiger partial charge in [-0.1, -0.05) is 36.4 Å². The molecule has 0 aromatic heterocycles. The van der Waals surface area contributed by atoms with Crippen molar-refractivity contribution < 1.29 is 29.6 Å². The molecule has 0 saturated carbocycles. The molecule has 0 fully saturated rings. The van der Waals surface area contributed by atoms with Gasteiger partial charge in [0.2, 0.25) is 0 Å². The molecule has 0 saturated heterocycles. The summed E-state index contributed by atoms with van der Waals surface area (Å²) in [5.41, 5.74) is 0.492. The van der Waals surface area contributed by atoms with E-state index >= 15 is 0 Å². The van der Waals surface area contributed by atoms with Crippen molar-refractivity contribution in [1.82, 2.24) is 0 Å². The first-order valence-corrected chi connectivity index (χ1v) is 6.63. The number of allylic oxidation sites excluding steroid dienone is 1. The zero-order valence-corrected chi connectivity index (χ0v) is 11.9. The molecule has 0 aliphatic heterocycles. The average Bonchev–Trinajstić information content (AvgIpc) is 2.51. The molecule has 0 atom stereocenters. The van der Waals surface area contributed by atoms with Crippen LogP contribution >= 0.6 is 0 Å². The van der Waals surface area contributed by atoms with E-state index in [1.54, 1.807) is 18.2 Å². The summed E-state index contributed by atoms with van der Waals surface area (Å²) < 4.78 is 4.78. The lowest BCUT2D eigenvalue weighted by Gasteiger charge is -2.10. The highest BCUT2D eigenvalue weighted by Gasteiger charge is 2.16. The van der Waals surface area contributed by atoms with Gasteiger partial charge in [0.1, 0.15) is 29.4 Å². The summed E-state index contributed by atoms with van der Waals surface area (Å²) in [5.74, 6) is -3.17. The number of aromatic hydroxyl groups is 2. The van der Waals surface area contributed by atoms with Gasteiger partial charge in [0.05, 0.1) is 5.97 Å². The van der Waals surface area contributed by atoms with Gasteiger partial charge >= 0.3 is 0 Å². The average molecular weight is 313 g/mol. The molecule has 118 valence electrons. The van der Waals surface area contributed by atoms with Gasteiger partial charge in [-0.05, 0) is 11.6 Å². The Morgan fingerprint density at radius 1 is 1.09 bits per heavy atom. The Balaban J connectivity index is 2.20. The van der Waals surface area contributed by atoms with Gasteiger partial charge in [-0.3, -0.25) is 4.79 Å². The molecule has 2 rings (SSSR count). The van der Waals surface area contributed by atoms with E-state index < -0.39 is 29.9 Å². The first-order valence-electron chi connectivity index (χ1n) is 6.63. The maximum atomic E-state index is 12.1. The van der Waals surface area contributed by atoms with Gasteiger partial charge < -0.3 is 24.9 Å². The molecule has 0 aliphatic carbocycles. The quantitative estimate of drug-likeness (QED) is 0.611. The highest BCUT2D eigenvalue weighted by molar-refractivity contribution is 6.10. The number of ketones is 1. The molecule has 2 aromatic rings. The van der Waals surface area contributed by atoms with Gasteiger partial charge in [-0.15, -0.1) is 0 Å². The molecule has 2 N–H and O–H groups in total. The van der Waals surface area contributed by atoms with Crippen LogP contribution in [0, 0.1) is 0 Å². The molecule has 0 heterocycles. The second-order valence-electron chi connectivity index (χ2n) is 4.61. The number of benzene rings is 2. The third-order valence-corrected chi connectivity index (χ3v) is 2.90. The van der Waals surface area contributed by atoms with Crippen molar-refractivity contribution >= 4 is 17.8 Å². The molecule has 0 amide bonds. The summed E-state index contributed by atoms with van der Waals surface area (Å²) in [6.45, 7) is -0.736. The fourth-order valence-electron chi connectivity index (χ4n) is 1.88. The number of hydrogen-bond acceptors (Lipinski definition) is 6. The van der Waals surface area contributed by atoms with Crippen LogP contribution in [0.4, 0.5) is 0 Å². The fraction of sp³-hybridized carbons (Fsp3) is 0.0588. The Bertz CT molecular complexity index is 726. The van der Waals surface area contributed by atoms with Gasteiger partial charge in [-0.2, -0.15) is 0 Å². The van der Waals surface area contributed by atoms with Crippen LogP contribution in [0.2, 0.25) is 0 Å². The predicted octanol–water partition coefficient (Wildman–Crippen LogP) is 1.12. The van der Waals surface area contributed by atoms with Crippen molar-refractivity contribution in [3.8, 4) is 17.2 Å². The summed E-state index contributed by atoms with van der Waals surface area (Å²) in [7, 11) is 0. The second kappa shape index (κ2) is 7.13. The molecular weight excluding hydrogens is 300 g/mol. The molecule has 23 heavy (non-hydrogen) atoms. The smallest absolute Gasteiger partial charge is 0.193 e. The number of carbonyl (C=O) groups excluding carboxylic acids is 2. The van der Waals surface area contributed by atoms with Crippen LogP contribution in [0.3, 0.4) is 0 Å². The Morgan fingerprint density at radius 2 is 1.70 bits per heavy atom. The summed E-state index contributed by atoms with van der Waals surface area (Å²) >= 11 is 0. The number of ether oxygens (including phenoxy) is 1. The van der Waals surface area contributed by atoms with Crippen molar-refractivity contribution in [3.63, 3.8) is 0 Å². The minimum Gasteiger partial charge on any atom is -0.546 e. The zero-order valence-electron chi connectivity index (χ0n) is 11.9. The number of aliphatic carboxylic acids is 1. The van der Waals surface area contributed by atoms with Gasteiger partial charge in [0, 0.05) is 12.1 Å². The molecule has 0 unspecified atom stereocenters. The van der Waals surface area contributed by atoms with E-state index in [2.05, 4.69) is 0 Å². The molecule has 0 bridgehead atoms. The van der Waals surface area contributed by atoms with Crippen LogP contribution in [0.1, 0.15) is 15.9 Å². The number of carbonyl (C=O) groups is 2. The number of carboxylic acids is 1. The lowest BCUT2D eigenvalue weighted by Crippen LogP contribution is -2.28. The van der Waals surface area contributed by atoms with E-state index in [4.69, 9.17) is 4.74 Å². The van der Waals surface area contributed by atoms with Crippen molar-refractivity contribution in [1.29, 1.82) is 0 Å². The molecule has 2 aromatic carbocycles.